The van der Waals surface area contributed by atoms with Crippen molar-refractivity contribution in [3.05, 3.63) is 12.3 Å². The van der Waals surface area contributed by atoms with Crippen LogP contribution >= 0.6 is 0 Å². The Kier molecular flexibility index (Phi) is 2.55. The smallest absolute Gasteiger partial charge is 0.329 e. The van der Waals surface area contributed by atoms with Gasteiger partial charge in [0.25, 0.3) is 0 Å². The molecule has 1 rings (SSSR count). The van der Waals surface area contributed by atoms with E-state index in [-0.39, 0.29) is 18.1 Å². The number of hydroxylamine groups is 2. The Morgan fingerprint density at radius 2 is 2.07 bits per heavy atom. The van der Waals surface area contributed by atoms with E-state index in [1.807, 2.05) is 0 Å². The number of hydrogen-bond donors (Lipinski definition) is 0. The highest BCUT2D eigenvalue weighted by molar-refractivity contribution is 6.02. The second-order valence-electron chi connectivity index (χ2n) is 2.82. The summed E-state index contributed by atoms with van der Waals surface area (Å²) >= 11 is 0. The lowest BCUT2D eigenvalue weighted by Crippen LogP contribution is -2.50. The molecule has 0 aromatic carbocycles. The minimum atomic E-state index is -0.650. The first-order valence-corrected chi connectivity index (χ1v) is 3.89. The third-order valence-corrected chi connectivity index (χ3v) is 1.77. The Balaban J connectivity index is 2.81. The molecule has 0 unspecified atom stereocenters. The number of rotatable bonds is 1. The van der Waals surface area contributed by atoms with Crippen LogP contribution in [0.2, 0.25) is 0 Å². The van der Waals surface area contributed by atoms with E-state index in [0.717, 1.165) is 11.8 Å². The Morgan fingerprint density at radius 1 is 1.50 bits per heavy atom. The summed E-state index contributed by atoms with van der Waals surface area (Å²) < 4.78 is 0. The maximum atomic E-state index is 11.4. The molecule has 0 bridgehead atoms. The van der Waals surface area contributed by atoms with E-state index in [2.05, 4.69) is 11.4 Å². The monoisotopic (exact) mass is 198 g/mol. The van der Waals surface area contributed by atoms with E-state index in [0.29, 0.717) is 5.06 Å². The zero-order chi connectivity index (χ0) is 10.9. The molecule has 0 saturated carbocycles. The maximum Gasteiger partial charge on any atom is 0.329 e. The van der Waals surface area contributed by atoms with Crippen LogP contribution in [0.4, 0.5) is 0 Å². The molecule has 0 atom stereocenters. The van der Waals surface area contributed by atoms with E-state index >= 15 is 0 Å². The van der Waals surface area contributed by atoms with Crippen molar-refractivity contribution in [2.75, 3.05) is 13.6 Å². The first-order valence-electron chi connectivity index (χ1n) is 3.89. The van der Waals surface area contributed by atoms with Crippen molar-refractivity contribution in [2.45, 2.75) is 6.92 Å². The molecule has 1 aliphatic rings. The summed E-state index contributed by atoms with van der Waals surface area (Å²) in [5.41, 5.74) is -0.0116. The van der Waals surface area contributed by atoms with Gasteiger partial charge in [-0.05, 0) is 0 Å². The summed E-state index contributed by atoms with van der Waals surface area (Å²) in [5.74, 6) is -1.58. The van der Waals surface area contributed by atoms with Crippen LogP contribution in [0.1, 0.15) is 6.92 Å². The summed E-state index contributed by atoms with van der Waals surface area (Å²) in [6, 6.07) is 0. The van der Waals surface area contributed by atoms with Crippen molar-refractivity contribution >= 4 is 17.8 Å². The van der Waals surface area contributed by atoms with Gasteiger partial charge in [0.1, 0.15) is 12.2 Å². The van der Waals surface area contributed by atoms with E-state index in [4.69, 9.17) is 0 Å². The standard InChI is InChI=1S/C8H10N2O4/c1-5-8(13)10(14-6(2)11)4-7(12)9(5)3/h1,4H2,2-3H3. The van der Waals surface area contributed by atoms with Crippen molar-refractivity contribution in [1.29, 1.82) is 0 Å². The minimum Gasteiger partial charge on any atom is -0.338 e. The SMILES string of the molecule is C=C1C(=O)N(OC(C)=O)CC(=O)N1C. The van der Waals surface area contributed by atoms with Crippen LogP contribution in [0, 0.1) is 0 Å². The predicted octanol–water partition coefficient (Wildman–Crippen LogP) is -0.721. The molecule has 0 aromatic rings. The number of piperazine rings is 1. The molecule has 2 amide bonds. The summed E-state index contributed by atoms with van der Waals surface area (Å²) in [6.07, 6.45) is 0. The van der Waals surface area contributed by atoms with Gasteiger partial charge >= 0.3 is 11.9 Å². The molecular formula is C8H10N2O4. The molecule has 1 heterocycles. The number of amides is 2. The van der Waals surface area contributed by atoms with E-state index in [9.17, 15) is 14.4 Å². The molecule has 14 heavy (non-hydrogen) atoms. The number of nitrogens with zero attached hydrogens (tertiary/aromatic N) is 2. The van der Waals surface area contributed by atoms with Gasteiger partial charge in [0.15, 0.2) is 0 Å². The van der Waals surface area contributed by atoms with Gasteiger partial charge in [-0.3, -0.25) is 14.4 Å². The maximum absolute atomic E-state index is 11.4. The summed E-state index contributed by atoms with van der Waals surface area (Å²) in [4.78, 5) is 38.8. The van der Waals surface area contributed by atoms with Gasteiger partial charge in [0.2, 0.25) is 5.91 Å². The van der Waals surface area contributed by atoms with Gasteiger partial charge in [-0.2, -0.15) is 5.06 Å². The summed E-state index contributed by atoms with van der Waals surface area (Å²) in [7, 11) is 1.44. The second kappa shape index (κ2) is 3.49. The van der Waals surface area contributed by atoms with Crippen molar-refractivity contribution in [1.82, 2.24) is 9.96 Å². The number of hydrogen-bond acceptors (Lipinski definition) is 4. The molecule has 1 aliphatic heterocycles. The number of carbonyl (C=O) groups is 3. The Hall–Kier alpha value is -1.85. The normalized spacial score (nSPS) is 17.4. The Morgan fingerprint density at radius 3 is 2.57 bits per heavy atom. The Labute approximate surface area is 80.7 Å². The predicted molar refractivity (Wildman–Crippen MR) is 45.4 cm³/mol. The fourth-order valence-electron chi connectivity index (χ4n) is 0.968. The third kappa shape index (κ3) is 1.73. The van der Waals surface area contributed by atoms with Crippen LogP contribution in [-0.2, 0) is 19.2 Å². The average molecular weight is 198 g/mol. The number of likely N-dealkylation sites (N-methyl/N-ethyl adjacent to an activating group) is 1. The first kappa shape index (κ1) is 10.2. The molecule has 1 saturated heterocycles. The fraction of sp³-hybridized carbons (Fsp3) is 0.375. The summed E-state index contributed by atoms with van der Waals surface area (Å²) in [5, 5.41) is 0.701. The van der Waals surface area contributed by atoms with Crippen LogP contribution in [0.15, 0.2) is 12.3 Å². The highest BCUT2D eigenvalue weighted by atomic mass is 16.7. The van der Waals surface area contributed by atoms with Crippen LogP contribution in [0.25, 0.3) is 0 Å². The van der Waals surface area contributed by atoms with Gasteiger partial charge in [0, 0.05) is 14.0 Å². The van der Waals surface area contributed by atoms with Crippen LogP contribution < -0.4 is 0 Å². The quantitative estimate of drug-likeness (QED) is 0.521. The van der Waals surface area contributed by atoms with Gasteiger partial charge in [-0.15, -0.1) is 0 Å². The van der Waals surface area contributed by atoms with Crippen LogP contribution in [0.5, 0.6) is 0 Å². The third-order valence-electron chi connectivity index (χ3n) is 1.77. The summed E-state index contributed by atoms with van der Waals surface area (Å²) in [6.45, 7) is 4.29. The molecule has 0 aliphatic carbocycles. The molecule has 6 heteroatoms. The lowest BCUT2D eigenvalue weighted by molar-refractivity contribution is -0.199. The molecule has 0 aromatic heterocycles. The molecular weight excluding hydrogens is 188 g/mol. The molecule has 1 fully saturated rings. The second-order valence-corrected chi connectivity index (χ2v) is 2.82. The van der Waals surface area contributed by atoms with Crippen molar-refractivity contribution in [2.24, 2.45) is 0 Å². The van der Waals surface area contributed by atoms with Crippen molar-refractivity contribution in [3.63, 3.8) is 0 Å². The average Bonchev–Trinajstić information content (AvgIpc) is 2.10. The molecule has 0 radical (unpaired) electrons. The van der Waals surface area contributed by atoms with Gasteiger partial charge in [-0.1, -0.05) is 6.58 Å². The molecule has 76 valence electrons. The van der Waals surface area contributed by atoms with Crippen LogP contribution in [0.3, 0.4) is 0 Å². The topological polar surface area (TPSA) is 66.9 Å². The van der Waals surface area contributed by atoms with E-state index in [1.54, 1.807) is 0 Å². The molecule has 6 nitrogen and oxygen atoms in total. The zero-order valence-electron chi connectivity index (χ0n) is 7.94. The zero-order valence-corrected chi connectivity index (χ0v) is 7.94. The van der Waals surface area contributed by atoms with Gasteiger partial charge in [-0.25, -0.2) is 0 Å². The van der Waals surface area contributed by atoms with Gasteiger partial charge < -0.3 is 9.74 Å². The highest BCUT2D eigenvalue weighted by Crippen LogP contribution is 2.12. The molecule has 0 spiro atoms. The van der Waals surface area contributed by atoms with E-state index < -0.39 is 11.9 Å². The minimum absolute atomic E-state index is 0.0116. The first-order chi connectivity index (χ1) is 6.43. The number of carbonyl (C=O) groups excluding carboxylic acids is 3. The lowest BCUT2D eigenvalue weighted by Gasteiger charge is -2.30. The Bertz CT molecular complexity index is 323. The van der Waals surface area contributed by atoms with Crippen molar-refractivity contribution < 1.29 is 19.2 Å². The lowest BCUT2D eigenvalue weighted by atomic mass is 10.3. The van der Waals surface area contributed by atoms with Crippen LogP contribution in [-0.4, -0.2) is 41.3 Å². The fourth-order valence-corrected chi connectivity index (χ4v) is 0.968. The highest BCUT2D eigenvalue weighted by Gasteiger charge is 2.33. The largest absolute Gasteiger partial charge is 0.338 e. The van der Waals surface area contributed by atoms with Gasteiger partial charge in [0.05, 0.1) is 0 Å². The molecule has 0 N–H and O–H groups in total. The van der Waals surface area contributed by atoms with E-state index in [1.165, 1.54) is 7.05 Å². The van der Waals surface area contributed by atoms with Crippen molar-refractivity contribution in [3.8, 4) is 0 Å².